The van der Waals surface area contributed by atoms with Gasteiger partial charge in [-0.25, -0.2) is 0 Å². The van der Waals surface area contributed by atoms with E-state index in [1.165, 1.54) is 0 Å². The molecule has 1 unspecified atom stereocenters. The molecule has 1 N–H and O–H groups in total. The van der Waals surface area contributed by atoms with E-state index in [0.717, 1.165) is 66.1 Å². The number of carbonyl (C=O) groups is 2. The lowest BCUT2D eigenvalue weighted by Crippen LogP contribution is -2.63. The van der Waals surface area contributed by atoms with Crippen LogP contribution in [0.5, 0.6) is 0 Å². The van der Waals surface area contributed by atoms with E-state index in [1.54, 1.807) is 4.90 Å². The van der Waals surface area contributed by atoms with E-state index < -0.39 is 6.04 Å². The van der Waals surface area contributed by atoms with E-state index in [4.69, 9.17) is 4.74 Å². The molecular formula is C27H30N4O3. The molecule has 2 fully saturated rings. The number of aromatic nitrogens is 1. The fourth-order valence-electron chi connectivity index (χ4n) is 5.82. The molecule has 3 aliphatic rings. The molecule has 1 aromatic heterocycles. The van der Waals surface area contributed by atoms with Crippen molar-refractivity contribution < 1.29 is 14.3 Å². The number of nitrogens with one attached hydrogen (secondary N) is 1. The highest BCUT2D eigenvalue weighted by Gasteiger charge is 2.48. The second kappa shape index (κ2) is 8.56. The molecule has 34 heavy (non-hydrogen) atoms. The molecule has 0 bridgehead atoms. The zero-order chi connectivity index (χ0) is 23.2. The molecule has 4 heterocycles. The minimum Gasteiger partial charge on any atom is -0.379 e. The number of benzene rings is 2. The Hall–Kier alpha value is -3.16. The minimum atomic E-state index is -0.484. The maximum atomic E-state index is 13.8. The van der Waals surface area contributed by atoms with Crippen molar-refractivity contribution in [1.29, 1.82) is 0 Å². The number of amides is 2. The molecule has 176 valence electrons. The zero-order valence-corrected chi connectivity index (χ0v) is 19.5. The van der Waals surface area contributed by atoms with Gasteiger partial charge in [0.05, 0.1) is 25.8 Å². The molecule has 0 saturated carbocycles. The lowest BCUT2D eigenvalue weighted by atomic mass is 9.85. The van der Waals surface area contributed by atoms with Gasteiger partial charge in [0.25, 0.3) is 0 Å². The number of piperazine rings is 1. The monoisotopic (exact) mass is 458 g/mol. The Bertz CT molecular complexity index is 1250. The second-order valence-electron chi connectivity index (χ2n) is 9.56. The SMILES string of the molecule is Cc1ccccc1C1c2[nH]c3ccccc3c2C[C@H]2C(=O)N(CCN3CCOCC3)CC(=O)N12. The van der Waals surface area contributed by atoms with E-state index >= 15 is 0 Å². The van der Waals surface area contributed by atoms with Crippen LogP contribution in [-0.2, 0) is 20.7 Å². The van der Waals surface area contributed by atoms with Crippen molar-refractivity contribution in [2.24, 2.45) is 0 Å². The number of hydrogen-bond acceptors (Lipinski definition) is 4. The van der Waals surface area contributed by atoms with Crippen LogP contribution < -0.4 is 0 Å². The van der Waals surface area contributed by atoms with Gasteiger partial charge in [-0.1, -0.05) is 42.5 Å². The van der Waals surface area contributed by atoms with E-state index in [-0.39, 0.29) is 24.4 Å². The number of morpholine rings is 1. The fraction of sp³-hybridized carbons (Fsp3) is 0.407. The third-order valence-corrected chi connectivity index (χ3v) is 7.62. The van der Waals surface area contributed by atoms with E-state index in [9.17, 15) is 9.59 Å². The summed E-state index contributed by atoms with van der Waals surface area (Å²) in [6.45, 7) is 6.76. The Morgan fingerprint density at radius 3 is 2.59 bits per heavy atom. The maximum Gasteiger partial charge on any atom is 0.246 e. The molecule has 2 saturated heterocycles. The Morgan fingerprint density at radius 2 is 1.76 bits per heavy atom. The zero-order valence-electron chi connectivity index (χ0n) is 19.5. The van der Waals surface area contributed by atoms with Crippen LogP contribution in [0.1, 0.15) is 28.4 Å². The quantitative estimate of drug-likeness (QED) is 0.652. The van der Waals surface area contributed by atoms with Gasteiger partial charge in [-0.2, -0.15) is 0 Å². The summed E-state index contributed by atoms with van der Waals surface area (Å²) in [7, 11) is 0. The fourth-order valence-corrected chi connectivity index (χ4v) is 5.82. The number of aryl methyl sites for hydroxylation is 1. The van der Waals surface area contributed by atoms with Gasteiger partial charge in [-0.15, -0.1) is 0 Å². The van der Waals surface area contributed by atoms with E-state index in [1.807, 2.05) is 29.2 Å². The van der Waals surface area contributed by atoms with Crippen molar-refractivity contribution in [1.82, 2.24) is 19.7 Å². The van der Waals surface area contributed by atoms with Crippen molar-refractivity contribution >= 4 is 22.7 Å². The molecule has 3 aliphatic heterocycles. The van der Waals surface area contributed by atoms with E-state index in [0.29, 0.717) is 13.0 Å². The maximum absolute atomic E-state index is 13.8. The number of carbonyl (C=O) groups excluding carboxylic acids is 2. The van der Waals surface area contributed by atoms with Crippen LogP contribution in [-0.4, -0.2) is 83.5 Å². The van der Waals surface area contributed by atoms with E-state index in [2.05, 4.69) is 41.1 Å². The molecule has 0 radical (unpaired) electrons. The molecule has 2 aromatic carbocycles. The molecule has 7 nitrogen and oxygen atoms in total. The third kappa shape index (κ3) is 3.51. The van der Waals surface area contributed by atoms with Crippen LogP contribution in [0.15, 0.2) is 48.5 Å². The number of fused-ring (bicyclic) bond motifs is 4. The first-order valence-electron chi connectivity index (χ1n) is 12.2. The highest BCUT2D eigenvalue weighted by atomic mass is 16.5. The Morgan fingerprint density at radius 1 is 1.00 bits per heavy atom. The van der Waals surface area contributed by atoms with Gasteiger partial charge in [-0.3, -0.25) is 14.5 Å². The molecule has 2 amide bonds. The summed E-state index contributed by atoms with van der Waals surface area (Å²) in [5.74, 6) is 0.0755. The molecule has 7 heteroatoms. The lowest BCUT2D eigenvalue weighted by Gasteiger charge is -2.47. The first kappa shape index (κ1) is 21.4. The molecule has 3 aromatic rings. The van der Waals surface area contributed by atoms with Crippen molar-refractivity contribution in [3.63, 3.8) is 0 Å². The first-order chi connectivity index (χ1) is 16.6. The largest absolute Gasteiger partial charge is 0.379 e. The lowest BCUT2D eigenvalue weighted by molar-refractivity contribution is -0.158. The summed E-state index contributed by atoms with van der Waals surface area (Å²) in [6.07, 6.45) is 0.542. The number of nitrogens with zero attached hydrogens (tertiary/aromatic N) is 3. The van der Waals surface area contributed by atoms with Crippen molar-refractivity contribution in [3.8, 4) is 0 Å². The van der Waals surface area contributed by atoms with Gasteiger partial charge in [0.1, 0.15) is 6.04 Å². The normalized spacial score (nSPS) is 23.3. The number of H-pyrrole nitrogens is 1. The van der Waals surface area contributed by atoms with Crippen LogP contribution in [0, 0.1) is 6.92 Å². The highest BCUT2D eigenvalue weighted by Crippen LogP contribution is 2.43. The molecular weight excluding hydrogens is 428 g/mol. The average molecular weight is 459 g/mol. The van der Waals surface area contributed by atoms with Gasteiger partial charge < -0.3 is 19.5 Å². The Labute approximate surface area is 199 Å². The average Bonchev–Trinajstić information content (AvgIpc) is 3.24. The highest BCUT2D eigenvalue weighted by molar-refractivity contribution is 5.97. The number of para-hydroxylation sites is 1. The standard InChI is InChI=1S/C27H30N4O3/c1-18-6-2-3-7-19(18)26-25-21(20-8-4-5-9-22(20)28-25)16-23-27(33)30(17-24(32)31(23)26)11-10-29-12-14-34-15-13-29/h2-9,23,26,28H,10-17H2,1H3/t23-,26?/m0/s1. The Kier molecular flexibility index (Phi) is 5.38. The van der Waals surface area contributed by atoms with Gasteiger partial charge in [0.2, 0.25) is 11.8 Å². The van der Waals surface area contributed by atoms with Crippen LogP contribution in [0.3, 0.4) is 0 Å². The van der Waals surface area contributed by atoms with Crippen molar-refractivity contribution in [3.05, 3.63) is 70.9 Å². The van der Waals surface area contributed by atoms with Gasteiger partial charge in [0.15, 0.2) is 0 Å². The summed E-state index contributed by atoms with van der Waals surface area (Å²) in [4.78, 5) is 37.0. The van der Waals surface area contributed by atoms with Gasteiger partial charge >= 0.3 is 0 Å². The number of rotatable bonds is 4. The number of ether oxygens (including phenoxy) is 1. The number of aromatic amines is 1. The van der Waals surface area contributed by atoms with Crippen molar-refractivity contribution in [2.45, 2.75) is 25.4 Å². The van der Waals surface area contributed by atoms with Gasteiger partial charge in [-0.05, 0) is 29.7 Å². The molecule has 0 aliphatic carbocycles. The van der Waals surface area contributed by atoms with Crippen LogP contribution in [0.4, 0.5) is 0 Å². The van der Waals surface area contributed by atoms with Crippen LogP contribution in [0.25, 0.3) is 10.9 Å². The third-order valence-electron chi connectivity index (χ3n) is 7.62. The predicted molar refractivity (Wildman–Crippen MR) is 129 cm³/mol. The summed E-state index contributed by atoms with van der Waals surface area (Å²) in [5.41, 5.74) is 5.43. The van der Waals surface area contributed by atoms with Crippen LogP contribution in [0.2, 0.25) is 0 Å². The topological polar surface area (TPSA) is 68.9 Å². The smallest absolute Gasteiger partial charge is 0.246 e. The molecule has 2 atom stereocenters. The summed E-state index contributed by atoms with van der Waals surface area (Å²) in [6, 6.07) is 15.6. The second-order valence-corrected chi connectivity index (χ2v) is 9.56. The molecule has 0 spiro atoms. The minimum absolute atomic E-state index is 0.0177. The number of hydrogen-bond donors (Lipinski definition) is 1. The first-order valence-corrected chi connectivity index (χ1v) is 12.2. The summed E-state index contributed by atoms with van der Waals surface area (Å²) in [5, 5.41) is 1.14. The summed E-state index contributed by atoms with van der Waals surface area (Å²) >= 11 is 0. The van der Waals surface area contributed by atoms with Gasteiger partial charge in [0, 0.05) is 49.2 Å². The summed E-state index contributed by atoms with van der Waals surface area (Å²) < 4.78 is 5.44. The predicted octanol–water partition coefficient (Wildman–Crippen LogP) is 2.49. The molecule has 6 rings (SSSR count). The van der Waals surface area contributed by atoms with Crippen LogP contribution >= 0.6 is 0 Å². The van der Waals surface area contributed by atoms with Crippen molar-refractivity contribution in [2.75, 3.05) is 45.9 Å². The Balaban J connectivity index is 1.38.